The quantitative estimate of drug-likeness (QED) is 0.168. The van der Waals surface area contributed by atoms with E-state index in [0.29, 0.717) is 29.2 Å². The largest absolute Gasteiger partial charge is 0.457 e. The highest BCUT2D eigenvalue weighted by Gasteiger charge is 2.30. The summed E-state index contributed by atoms with van der Waals surface area (Å²) in [5, 5.41) is 1.75. The number of fused-ring (bicyclic) bond motifs is 4. The molecule has 0 bridgehead atoms. The van der Waals surface area contributed by atoms with Gasteiger partial charge in [-0.2, -0.15) is 0 Å². The van der Waals surface area contributed by atoms with E-state index in [4.69, 9.17) is 17.9 Å². The summed E-state index contributed by atoms with van der Waals surface area (Å²) < 4.78 is 61.1. The summed E-state index contributed by atoms with van der Waals surface area (Å²) in [6.07, 6.45) is 1.32. The van der Waals surface area contributed by atoms with Gasteiger partial charge in [0.2, 0.25) is 0 Å². The van der Waals surface area contributed by atoms with Gasteiger partial charge in [-0.3, -0.25) is 4.57 Å². The molecule has 1 aliphatic rings. The van der Waals surface area contributed by atoms with E-state index in [1.807, 2.05) is 89.5 Å². The summed E-state index contributed by atoms with van der Waals surface area (Å²) >= 11 is 0. The van der Waals surface area contributed by atoms with Crippen LogP contribution in [0.3, 0.4) is 0 Å². The molecule has 0 fully saturated rings. The molecule has 0 spiro atoms. The van der Waals surface area contributed by atoms with Gasteiger partial charge in [-0.05, 0) is 118 Å². The first kappa shape index (κ1) is 33.4. The van der Waals surface area contributed by atoms with Crippen molar-refractivity contribution in [2.45, 2.75) is 92.3 Å². The number of anilines is 4. The van der Waals surface area contributed by atoms with E-state index in [2.05, 4.69) is 121 Å². The number of aromatic nitrogens is 2. The van der Waals surface area contributed by atoms with Crippen molar-refractivity contribution < 1.29 is 13.0 Å². The van der Waals surface area contributed by atoms with Crippen LogP contribution in [0.4, 0.5) is 22.7 Å². The van der Waals surface area contributed by atoms with E-state index in [-0.39, 0.29) is 38.8 Å². The highest BCUT2D eigenvalue weighted by atomic mass is 16.5. The third kappa shape index (κ3) is 7.35. The SMILES string of the molecule is [2H]C([2H])([2H])c1cnc(-n2c3ccccc3c3ccc(Oc4cccc(N5CN(c6cc(C(C)(C)C)cc(C(C)(C)C)c6)c6ccccc65)c4)cc32)c(C([2H])([2H])[2H])c1-c1ccc(C(C)(C)C)cc1. The molecule has 3 heterocycles. The molecule has 61 heavy (non-hydrogen) atoms. The molecule has 308 valence electrons. The molecule has 0 N–H and O–H groups in total. The molecule has 0 saturated heterocycles. The van der Waals surface area contributed by atoms with Gasteiger partial charge >= 0.3 is 0 Å². The number of nitrogens with zero attached hydrogens (tertiary/aromatic N) is 4. The molecule has 6 aromatic carbocycles. The minimum absolute atomic E-state index is 0.0293. The number of pyridine rings is 1. The topological polar surface area (TPSA) is 33.5 Å². The lowest BCUT2D eigenvalue weighted by molar-refractivity contribution is 0.483. The van der Waals surface area contributed by atoms with Gasteiger partial charge in [-0.15, -0.1) is 0 Å². The molecule has 0 amide bonds. The van der Waals surface area contributed by atoms with Crippen LogP contribution in [0.5, 0.6) is 11.5 Å². The Balaban J connectivity index is 1.14. The van der Waals surface area contributed by atoms with Crippen molar-refractivity contribution in [1.82, 2.24) is 9.55 Å². The molecular formula is C56H58N4O. The summed E-state index contributed by atoms with van der Waals surface area (Å²) in [5.74, 6) is 1.30. The zero-order chi connectivity index (χ0) is 48.0. The molecule has 1 aliphatic heterocycles. The van der Waals surface area contributed by atoms with E-state index in [1.54, 1.807) is 0 Å². The van der Waals surface area contributed by atoms with Gasteiger partial charge in [0.15, 0.2) is 0 Å². The zero-order valence-corrected chi connectivity index (χ0v) is 36.7. The van der Waals surface area contributed by atoms with Crippen molar-refractivity contribution in [3.8, 4) is 28.4 Å². The lowest BCUT2D eigenvalue weighted by Gasteiger charge is -2.29. The van der Waals surface area contributed by atoms with E-state index in [9.17, 15) is 0 Å². The molecule has 5 nitrogen and oxygen atoms in total. The van der Waals surface area contributed by atoms with Crippen LogP contribution in [-0.2, 0) is 16.2 Å². The van der Waals surface area contributed by atoms with E-state index >= 15 is 0 Å². The Labute approximate surface area is 370 Å². The van der Waals surface area contributed by atoms with Crippen LogP contribution in [0.2, 0.25) is 0 Å². The van der Waals surface area contributed by atoms with Gasteiger partial charge in [-0.25, -0.2) is 4.98 Å². The fourth-order valence-corrected chi connectivity index (χ4v) is 8.49. The summed E-state index contributed by atoms with van der Waals surface area (Å²) in [6, 6.07) is 44.7. The number of aryl methyl sites for hydroxylation is 1. The van der Waals surface area contributed by atoms with Crippen LogP contribution >= 0.6 is 0 Å². The highest BCUT2D eigenvalue weighted by Crippen LogP contribution is 2.47. The first-order valence-electron chi connectivity index (χ1n) is 24.1. The third-order valence-electron chi connectivity index (χ3n) is 12.0. The van der Waals surface area contributed by atoms with Gasteiger partial charge in [0, 0.05) is 54.3 Å². The molecule has 5 heteroatoms. The van der Waals surface area contributed by atoms with Gasteiger partial charge in [-0.1, -0.05) is 129 Å². The predicted molar refractivity (Wildman–Crippen MR) is 258 cm³/mol. The number of benzene rings is 6. The summed E-state index contributed by atoms with van der Waals surface area (Å²) in [6.45, 7) is 15.1. The normalized spacial score (nSPS) is 15.2. The molecule has 0 unspecified atom stereocenters. The van der Waals surface area contributed by atoms with Crippen LogP contribution < -0.4 is 14.5 Å². The Kier molecular flexibility index (Phi) is 8.04. The molecule has 0 radical (unpaired) electrons. The Bertz CT molecular complexity index is 3150. The van der Waals surface area contributed by atoms with E-state index in [0.717, 1.165) is 44.6 Å². The Hall–Kier alpha value is -6.33. The lowest BCUT2D eigenvalue weighted by Crippen LogP contribution is -2.25. The first-order valence-corrected chi connectivity index (χ1v) is 21.1. The summed E-state index contributed by atoms with van der Waals surface area (Å²) in [5.41, 5.74) is 9.52. The van der Waals surface area contributed by atoms with E-state index in [1.165, 1.54) is 17.3 Å². The Morgan fingerprint density at radius 2 is 1.16 bits per heavy atom. The van der Waals surface area contributed by atoms with Crippen molar-refractivity contribution >= 4 is 44.6 Å². The molecule has 0 saturated carbocycles. The Morgan fingerprint density at radius 3 is 1.82 bits per heavy atom. The number of ether oxygens (including phenoxy) is 1. The van der Waals surface area contributed by atoms with Crippen LogP contribution in [0.15, 0.2) is 140 Å². The number of rotatable bonds is 6. The van der Waals surface area contributed by atoms with Gasteiger partial charge in [0.1, 0.15) is 24.0 Å². The van der Waals surface area contributed by atoms with E-state index < -0.39 is 13.7 Å². The summed E-state index contributed by atoms with van der Waals surface area (Å²) in [7, 11) is 0. The molecule has 8 aromatic rings. The average Bonchev–Trinajstić information content (AvgIpc) is 3.80. The summed E-state index contributed by atoms with van der Waals surface area (Å²) in [4.78, 5) is 9.43. The van der Waals surface area contributed by atoms with Crippen molar-refractivity contribution in [2.24, 2.45) is 0 Å². The van der Waals surface area contributed by atoms with Crippen molar-refractivity contribution in [3.63, 3.8) is 0 Å². The first-order chi connectivity index (χ1) is 31.4. The van der Waals surface area contributed by atoms with Gasteiger partial charge in [0.05, 0.1) is 22.4 Å². The maximum Gasteiger partial charge on any atom is 0.141 e. The minimum atomic E-state index is -2.75. The van der Waals surface area contributed by atoms with Crippen LogP contribution in [0, 0.1) is 13.7 Å². The number of hydrogen-bond acceptors (Lipinski definition) is 4. The van der Waals surface area contributed by atoms with Crippen molar-refractivity contribution in [3.05, 3.63) is 167 Å². The van der Waals surface area contributed by atoms with Gasteiger partial charge < -0.3 is 14.5 Å². The molecule has 9 rings (SSSR count). The second-order valence-electron chi connectivity index (χ2n) is 19.5. The van der Waals surface area contributed by atoms with Crippen LogP contribution in [0.1, 0.15) is 98.4 Å². The van der Waals surface area contributed by atoms with Crippen LogP contribution in [-0.4, -0.2) is 16.2 Å². The second-order valence-corrected chi connectivity index (χ2v) is 19.5. The fourth-order valence-electron chi connectivity index (χ4n) is 8.49. The number of hydrogen-bond donors (Lipinski definition) is 0. The Morgan fingerprint density at radius 1 is 0.541 bits per heavy atom. The maximum absolute atomic E-state index is 8.99. The molecule has 2 aromatic heterocycles. The maximum atomic E-state index is 8.99. The van der Waals surface area contributed by atoms with Crippen LogP contribution in [0.25, 0.3) is 38.8 Å². The monoisotopic (exact) mass is 808 g/mol. The zero-order valence-electron chi connectivity index (χ0n) is 42.7. The fraction of sp³-hybridized carbons (Fsp3) is 0.268. The molecule has 0 atom stereocenters. The second kappa shape index (κ2) is 14.7. The highest BCUT2D eigenvalue weighted by molar-refractivity contribution is 6.09. The minimum Gasteiger partial charge on any atom is -0.457 e. The third-order valence-corrected chi connectivity index (χ3v) is 12.0. The molecular weight excluding hydrogens is 745 g/mol. The van der Waals surface area contributed by atoms with Crippen molar-refractivity contribution in [2.75, 3.05) is 16.5 Å². The standard InChI is InChI=1S/C56H58N4O/c1-36-34-57-53(37(2)52(36)38-23-25-39(26-24-38)54(3,4)5)60-48-20-13-12-19-46(48)47-28-27-45(33-51(47)60)61-44-18-16-17-42(32-44)58-35-59(50-22-15-14-21-49(50)58)43-30-40(55(6,7)8)29-41(31-43)56(9,10)11/h12-34H,35H2,1-11H3/i1D3,2D3. The predicted octanol–water partition coefficient (Wildman–Crippen LogP) is 15.4. The van der Waals surface area contributed by atoms with Gasteiger partial charge in [0.25, 0.3) is 0 Å². The number of para-hydroxylation sites is 3. The smallest absolute Gasteiger partial charge is 0.141 e. The van der Waals surface area contributed by atoms with Crippen molar-refractivity contribution in [1.29, 1.82) is 0 Å². The average molecular weight is 809 g/mol. The molecule has 0 aliphatic carbocycles. The lowest BCUT2D eigenvalue weighted by atomic mass is 9.80.